The third-order valence-electron chi connectivity index (χ3n) is 4.67. The largest absolute Gasteiger partial charge is 0.573 e. The van der Waals surface area contributed by atoms with Gasteiger partial charge in [-0.05, 0) is 72.4 Å². The van der Waals surface area contributed by atoms with E-state index in [0.29, 0.717) is 17.2 Å². The number of nitrogens with one attached hydrogen (secondary N) is 1. The number of carbonyl (C=O) groups excluding carboxylic acids is 2. The number of hydrogen-bond donors (Lipinski definition) is 1. The zero-order valence-electron chi connectivity index (χ0n) is 17.5. The van der Waals surface area contributed by atoms with Gasteiger partial charge in [0.15, 0.2) is 5.11 Å². The van der Waals surface area contributed by atoms with Crippen LogP contribution in [0.15, 0.2) is 78.4 Å². The number of alkyl halides is 3. The summed E-state index contributed by atoms with van der Waals surface area (Å²) >= 11 is 11.0. The van der Waals surface area contributed by atoms with Crippen molar-refractivity contribution >= 4 is 52.5 Å². The summed E-state index contributed by atoms with van der Waals surface area (Å²) < 4.78 is 46.9. The van der Waals surface area contributed by atoms with Crippen LogP contribution < -0.4 is 19.7 Å². The van der Waals surface area contributed by atoms with Gasteiger partial charge in [-0.3, -0.25) is 19.8 Å². The van der Waals surface area contributed by atoms with Crippen molar-refractivity contribution in [1.29, 1.82) is 0 Å². The second-order valence-corrected chi connectivity index (χ2v) is 7.90. The average molecular weight is 519 g/mol. The van der Waals surface area contributed by atoms with Gasteiger partial charge >= 0.3 is 6.36 Å². The van der Waals surface area contributed by atoms with E-state index in [2.05, 4.69) is 10.1 Å². The van der Waals surface area contributed by atoms with Gasteiger partial charge < -0.3 is 9.47 Å². The van der Waals surface area contributed by atoms with Gasteiger partial charge in [0, 0.05) is 0 Å². The van der Waals surface area contributed by atoms with Crippen molar-refractivity contribution < 1.29 is 32.2 Å². The molecule has 0 radical (unpaired) electrons. The quantitative estimate of drug-likeness (QED) is 0.260. The van der Waals surface area contributed by atoms with E-state index in [9.17, 15) is 22.8 Å². The van der Waals surface area contributed by atoms with E-state index in [0.717, 1.165) is 17.0 Å². The molecule has 1 N–H and O–H groups in total. The zero-order valence-corrected chi connectivity index (χ0v) is 19.1. The molecule has 3 aromatic rings. The number of halogens is 4. The first-order chi connectivity index (χ1) is 16.6. The second kappa shape index (κ2) is 9.77. The van der Waals surface area contributed by atoms with Gasteiger partial charge in [-0.2, -0.15) is 0 Å². The van der Waals surface area contributed by atoms with Crippen molar-refractivity contribution in [1.82, 2.24) is 5.32 Å². The van der Waals surface area contributed by atoms with E-state index in [1.807, 2.05) is 18.2 Å². The minimum Gasteiger partial charge on any atom is -0.457 e. The van der Waals surface area contributed by atoms with Crippen LogP contribution in [-0.4, -0.2) is 23.3 Å². The Morgan fingerprint density at radius 2 is 1.60 bits per heavy atom. The Balaban J connectivity index is 1.58. The van der Waals surface area contributed by atoms with Gasteiger partial charge in [-0.1, -0.05) is 35.9 Å². The number of nitrogens with zero attached hydrogens (tertiary/aromatic N) is 1. The maximum absolute atomic E-state index is 13.1. The summed E-state index contributed by atoms with van der Waals surface area (Å²) in [5, 5.41) is 1.96. The zero-order chi connectivity index (χ0) is 25.2. The summed E-state index contributed by atoms with van der Waals surface area (Å²) in [5.74, 6) is -0.936. The van der Waals surface area contributed by atoms with Crippen LogP contribution in [0.1, 0.15) is 5.56 Å². The summed E-state index contributed by atoms with van der Waals surface area (Å²) in [7, 11) is 0. The molecular formula is C24H14ClF3N2O4S. The number of amides is 2. The number of anilines is 1. The van der Waals surface area contributed by atoms with Crippen LogP contribution in [0.25, 0.3) is 6.08 Å². The standard InChI is InChI=1S/C24H14ClF3N2O4S/c25-19-13-14(6-11-20(19)34-24(26,27)28)12-18-21(31)29-23(35)30(22(18)32)15-7-9-17(10-8-15)33-16-4-2-1-3-5-16/h1-13H,(H,29,31,35). The molecule has 0 aromatic heterocycles. The summed E-state index contributed by atoms with van der Waals surface area (Å²) in [6.07, 6.45) is -3.72. The third-order valence-corrected chi connectivity index (χ3v) is 5.25. The molecule has 0 spiro atoms. The van der Waals surface area contributed by atoms with Gasteiger partial charge in [0.25, 0.3) is 11.8 Å². The first-order valence-electron chi connectivity index (χ1n) is 9.90. The predicted molar refractivity (Wildman–Crippen MR) is 127 cm³/mol. The lowest BCUT2D eigenvalue weighted by Crippen LogP contribution is -2.54. The van der Waals surface area contributed by atoms with Crippen LogP contribution in [0, 0.1) is 0 Å². The van der Waals surface area contributed by atoms with Crippen LogP contribution in [-0.2, 0) is 9.59 Å². The Labute approximate surface area is 207 Å². The smallest absolute Gasteiger partial charge is 0.457 e. The lowest BCUT2D eigenvalue weighted by Gasteiger charge is -2.29. The Bertz CT molecular complexity index is 1330. The molecule has 178 valence electrons. The lowest BCUT2D eigenvalue weighted by atomic mass is 10.1. The second-order valence-electron chi connectivity index (χ2n) is 7.10. The highest BCUT2D eigenvalue weighted by molar-refractivity contribution is 7.80. The van der Waals surface area contributed by atoms with Crippen LogP contribution in [0.2, 0.25) is 5.02 Å². The van der Waals surface area contributed by atoms with Gasteiger partial charge in [0.1, 0.15) is 22.8 Å². The molecule has 2 amide bonds. The molecule has 1 fully saturated rings. The molecule has 0 atom stereocenters. The number of rotatable bonds is 5. The molecule has 1 saturated heterocycles. The molecule has 1 aliphatic heterocycles. The Morgan fingerprint density at radius 1 is 0.943 bits per heavy atom. The summed E-state index contributed by atoms with van der Waals surface area (Å²) in [6, 6.07) is 18.9. The van der Waals surface area contributed by atoms with E-state index in [4.69, 9.17) is 28.6 Å². The van der Waals surface area contributed by atoms with Gasteiger partial charge in [0.2, 0.25) is 0 Å². The van der Waals surface area contributed by atoms with Gasteiger partial charge in [0.05, 0.1) is 10.7 Å². The van der Waals surface area contributed by atoms with Gasteiger partial charge in [-0.25, -0.2) is 0 Å². The molecule has 6 nitrogen and oxygen atoms in total. The fourth-order valence-corrected chi connectivity index (χ4v) is 3.67. The van der Waals surface area contributed by atoms with Gasteiger partial charge in [-0.15, -0.1) is 13.2 Å². The number of thiocarbonyl (C=S) groups is 1. The summed E-state index contributed by atoms with van der Waals surface area (Å²) in [5.41, 5.74) is 0.296. The van der Waals surface area contributed by atoms with Crippen molar-refractivity contribution in [3.8, 4) is 17.2 Å². The van der Waals surface area contributed by atoms with E-state index in [1.165, 1.54) is 12.1 Å². The molecule has 0 bridgehead atoms. The van der Waals surface area contributed by atoms with Crippen molar-refractivity contribution in [2.24, 2.45) is 0 Å². The third kappa shape index (κ3) is 5.79. The highest BCUT2D eigenvalue weighted by atomic mass is 35.5. The van der Waals surface area contributed by atoms with Crippen LogP contribution in [0.4, 0.5) is 18.9 Å². The fraction of sp³-hybridized carbons (Fsp3) is 0.0417. The highest BCUT2D eigenvalue weighted by Crippen LogP contribution is 2.32. The van der Waals surface area contributed by atoms with Crippen LogP contribution in [0.3, 0.4) is 0 Å². The normalized spacial score (nSPS) is 15.3. The van der Waals surface area contributed by atoms with Crippen molar-refractivity contribution in [3.63, 3.8) is 0 Å². The van der Waals surface area contributed by atoms with Crippen molar-refractivity contribution in [3.05, 3.63) is 89.0 Å². The molecule has 3 aromatic carbocycles. The number of benzene rings is 3. The monoisotopic (exact) mass is 518 g/mol. The minimum atomic E-state index is -4.92. The molecule has 0 aliphatic carbocycles. The highest BCUT2D eigenvalue weighted by Gasteiger charge is 2.35. The molecule has 0 unspecified atom stereocenters. The lowest BCUT2D eigenvalue weighted by molar-refractivity contribution is -0.274. The predicted octanol–water partition coefficient (Wildman–Crippen LogP) is 5.86. The minimum absolute atomic E-state index is 0.124. The average Bonchev–Trinajstić information content (AvgIpc) is 2.79. The fourth-order valence-electron chi connectivity index (χ4n) is 3.16. The van der Waals surface area contributed by atoms with Crippen LogP contribution >= 0.6 is 23.8 Å². The molecule has 0 saturated carbocycles. The number of ether oxygens (including phenoxy) is 2. The van der Waals surface area contributed by atoms with Crippen molar-refractivity contribution in [2.45, 2.75) is 6.36 Å². The first kappa shape index (κ1) is 24.2. The molecule has 35 heavy (non-hydrogen) atoms. The molecule has 1 aliphatic rings. The van der Waals surface area contributed by atoms with E-state index >= 15 is 0 Å². The maximum atomic E-state index is 13.1. The SMILES string of the molecule is O=C1NC(=S)N(c2ccc(Oc3ccccc3)cc2)C(=O)C1=Cc1ccc(OC(F)(F)F)c(Cl)c1. The molecule has 11 heteroatoms. The molecule has 1 heterocycles. The molecular weight excluding hydrogens is 505 g/mol. The van der Waals surface area contributed by atoms with Crippen molar-refractivity contribution in [2.75, 3.05) is 4.90 Å². The number of carbonyl (C=O) groups is 2. The summed E-state index contributed by atoms with van der Waals surface area (Å²) in [4.78, 5) is 26.7. The molecule has 4 rings (SSSR count). The van der Waals surface area contributed by atoms with E-state index in [-0.39, 0.29) is 21.3 Å². The Kier molecular flexibility index (Phi) is 6.77. The first-order valence-corrected chi connectivity index (χ1v) is 10.7. The van der Waals surface area contributed by atoms with Crippen LogP contribution in [0.5, 0.6) is 17.2 Å². The number of para-hydroxylation sites is 1. The Morgan fingerprint density at radius 3 is 2.23 bits per heavy atom. The summed E-state index contributed by atoms with van der Waals surface area (Å²) in [6.45, 7) is 0. The number of hydrogen-bond acceptors (Lipinski definition) is 5. The van der Waals surface area contributed by atoms with E-state index in [1.54, 1.807) is 36.4 Å². The van der Waals surface area contributed by atoms with E-state index < -0.39 is 23.9 Å². The topological polar surface area (TPSA) is 67.9 Å². The Hall–Kier alpha value is -3.89. The maximum Gasteiger partial charge on any atom is 0.573 e.